The summed E-state index contributed by atoms with van der Waals surface area (Å²) in [6.45, 7) is 7.77. The van der Waals surface area contributed by atoms with Gasteiger partial charge in [-0.25, -0.2) is 0 Å². The smallest absolute Gasteiger partial charge is 0.127 e. The van der Waals surface area contributed by atoms with Crippen LogP contribution in [0.3, 0.4) is 0 Å². The molecule has 0 aromatic heterocycles. The third-order valence-electron chi connectivity index (χ3n) is 4.76. The first kappa shape index (κ1) is 24.4. The Morgan fingerprint density at radius 2 is 1.32 bits per heavy atom. The van der Waals surface area contributed by atoms with E-state index in [0.717, 1.165) is 25.1 Å². The second kappa shape index (κ2) is 18.2. The fourth-order valence-corrected chi connectivity index (χ4v) is 3.06. The van der Waals surface area contributed by atoms with Crippen molar-refractivity contribution in [3.63, 3.8) is 0 Å². The van der Waals surface area contributed by atoms with Gasteiger partial charge in [-0.15, -0.1) is 0 Å². The number of oxime groups is 1. The monoisotopic (exact) mass is 354 g/mol. The number of rotatable bonds is 18. The van der Waals surface area contributed by atoms with Crippen LogP contribution in [0.2, 0.25) is 0 Å². The van der Waals surface area contributed by atoms with Crippen molar-refractivity contribution in [2.24, 2.45) is 5.16 Å². The molecule has 0 aliphatic rings. The summed E-state index contributed by atoms with van der Waals surface area (Å²) in [6.07, 6.45) is 18.2. The molecule has 0 aromatic rings. The Hall–Kier alpha value is -0.570. The van der Waals surface area contributed by atoms with Crippen LogP contribution in [0.15, 0.2) is 5.16 Å². The predicted molar refractivity (Wildman–Crippen MR) is 113 cm³/mol. The van der Waals surface area contributed by atoms with Crippen molar-refractivity contribution in [2.75, 3.05) is 20.6 Å². The summed E-state index contributed by atoms with van der Waals surface area (Å²) in [6, 6.07) is 0. The van der Waals surface area contributed by atoms with Crippen molar-refractivity contribution in [1.82, 2.24) is 4.90 Å². The fourth-order valence-electron chi connectivity index (χ4n) is 3.06. The highest BCUT2D eigenvalue weighted by Crippen LogP contribution is 2.16. The molecule has 0 heterocycles. The van der Waals surface area contributed by atoms with Crippen LogP contribution in [0.25, 0.3) is 0 Å². The Kier molecular flexibility index (Phi) is 17.8. The summed E-state index contributed by atoms with van der Waals surface area (Å²) in [5.74, 6) is 0. The van der Waals surface area contributed by atoms with Crippen LogP contribution in [0.5, 0.6) is 0 Å². The van der Waals surface area contributed by atoms with E-state index in [1.165, 1.54) is 77.0 Å². The van der Waals surface area contributed by atoms with Gasteiger partial charge in [-0.3, -0.25) is 0 Å². The lowest BCUT2D eigenvalue weighted by Crippen LogP contribution is -2.14. The first-order chi connectivity index (χ1) is 12.1. The molecule has 0 bridgehead atoms. The summed E-state index contributed by atoms with van der Waals surface area (Å²) in [5.41, 5.74) is 1.14. The van der Waals surface area contributed by atoms with Gasteiger partial charge >= 0.3 is 0 Å². The summed E-state index contributed by atoms with van der Waals surface area (Å²) in [5, 5.41) is 4.45. The fraction of sp³-hybridized carbons (Fsp3) is 0.955. The van der Waals surface area contributed by atoms with Crippen molar-refractivity contribution in [3.8, 4) is 0 Å². The first-order valence-corrected chi connectivity index (χ1v) is 10.9. The Balaban J connectivity index is 4.11. The number of nitrogens with zero attached hydrogens (tertiary/aromatic N) is 2. The largest absolute Gasteiger partial charge is 0.393 e. The second-order valence-corrected chi connectivity index (χ2v) is 7.87. The van der Waals surface area contributed by atoms with E-state index < -0.39 is 0 Å². The molecule has 0 aliphatic carbocycles. The molecule has 0 spiro atoms. The van der Waals surface area contributed by atoms with Gasteiger partial charge in [0, 0.05) is 0 Å². The molecular formula is C22H46N2O. The Labute approximate surface area is 158 Å². The van der Waals surface area contributed by atoms with E-state index in [1.807, 2.05) is 0 Å². The molecule has 25 heavy (non-hydrogen) atoms. The second-order valence-electron chi connectivity index (χ2n) is 7.87. The van der Waals surface area contributed by atoms with Crippen molar-refractivity contribution in [2.45, 2.75) is 117 Å². The van der Waals surface area contributed by atoms with Crippen molar-refractivity contribution < 1.29 is 4.84 Å². The van der Waals surface area contributed by atoms with E-state index in [9.17, 15) is 0 Å². The minimum absolute atomic E-state index is 0.326. The molecule has 0 N–H and O–H groups in total. The van der Waals surface area contributed by atoms with Gasteiger partial charge in [-0.1, -0.05) is 70.4 Å². The Bertz CT molecular complexity index is 288. The van der Waals surface area contributed by atoms with Gasteiger partial charge in [-0.05, 0) is 66.1 Å². The van der Waals surface area contributed by atoms with Crippen LogP contribution in [0.4, 0.5) is 0 Å². The van der Waals surface area contributed by atoms with E-state index >= 15 is 0 Å². The van der Waals surface area contributed by atoms with Gasteiger partial charge < -0.3 is 9.74 Å². The van der Waals surface area contributed by atoms with Crippen LogP contribution in [0.1, 0.15) is 111 Å². The summed E-state index contributed by atoms with van der Waals surface area (Å²) in [4.78, 5) is 8.17. The van der Waals surface area contributed by atoms with E-state index in [0.29, 0.717) is 6.10 Å². The lowest BCUT2D eigenvalue weighted by Gasteiger charge is -2.16. The Morgan fingerprint density at radius 3 is 1.80 bits per heavy atom. The van der Waals surface area contributed by atoms with Gasteiger partial charge in [-0.2, -0.15) is 0 Å². The van der Waals surface area contributed by atoms with Crippen molar-refractivity contribution >= 4 is 5.71 Å². The minimum Gasteiger partial charge on any atom is -0.393 e. The molecule has 0 atom stereocenters. The van der Waals surface area contributed by atoms with E-state index in [-0.39, 0.29) is 0 Å². The molecule has 3 heteroatoms. The van der Waals surface area contributed by atoms with Crippen LogP contribution < -0.4 is 0 Å². The number of hydrogen-bond donors (Lipinski definition) is 0. The van der Waals surface area contributed by atoms with Crippen LogP contribution in [-0.4, -0.2) is 37.4 Å². The standard InChI is InChI=1S/C22H46N2O/c1-6-8-10-12-14-18-22(19-15-13-11-9-7-2)25-23-21(3)17-16-20-24(4)5/h22H,6-20H2,1-5H3/b23-21-. The van der Waals surface area contributed by atoms with Crippen molar-refractivity contribution in [1.29, 1.82) is 0 Å². The molecule has 0 amide bonds. The maximum atomic E-state index is 5.95. The maximum absolute atomic E-state index is 5.95. The van der Waals surface area contributed by atoms with E-state index in [2.05, 4.69) is 44.9 Å². The zero-order valence-electron chi connectivity index (χ0n) is 18.0. The first-order valence-electron chi connectivity index (χ1n) is 10.9. The van der Waals surface area contributed by atoms with E-state index in [1.54, 1.807) is 0 Å². The number of unbranched alkanes of at least 4 members (excludes halogenated alkanes) is 8. The average molecular weight is 355 g/mol. The molecule has 150 valence electrons. The predicted octanol–water partition coefficient (Wildman–Crippen LogP) is 6.81. The van der Waals surface area contributed by atoms with Crippen molar-refractivity contribution in [3.05, 3.63) is 0 Å². The normalized spacial score (nSPS) is 12.4. The highest BCUT2D eigenvalue weighted by Gasteiger charge is 2.10. The molecule has 0 aromatic carbocycles. The molecular weight excluding hydrogens is 308 g/mol. The van der Waals surface area contributed by atoms with Crippen LogP contribution >= 0.6 is 0 Å². The lowest BCUT2D eigenvalue weighted by molar-refractivity contribution is 0.0425. The van der Waals surface area contributed by atoms with Gasteiger partial charge in [0.05, 0.1) is 5.71 Å². The molecule has 0 unspecified atom stereocenters. The summed E-state index contributed by atoms with van der Waals surface area (Å²) >= 11 is 0. The summed E-state index contributed by atoms with van der Waals surface area (Å²) < 4.78 is 0. The van der Waals surface area contributed by atoms with Gasteiger partial charge in [0.25, 0.3) is 0 Å². The average Bonchev–Trinajstić information content (AvgIpc) is 2.58. The van der Waals surface area contributed by atoms with Gasteiger partial charge in [0.2, 0.25) is 0 Å². The van der Waals surface area contributed by atoms with Gasteiger partial charge in [0.1, 0.15) is 6.10 Å². The maximum Gasteiger partial charge on any atom is 0.127 e. The van der Waals surface area contributed by atoms with E-state index in [4.69, 9.17) is 4.84 Å². The molecule has 0 saturated heterocycles. The van der Waals surface area contributed by atoms with Crippen LogP contribution in [-0.2, 0) is 4.84 Å². The lowest BCUT2D eigenvalue weighted by atomic mass is 10.0. The SMILES string of the molecule is CCCCCCCC(CCCCCCC)O/N=C(/C)CCCN(C)C. The molecule has 0 saturated carbocycles. The Morgan fingerprint density at radius 1 is 0.800 bits per heavy atom. The third kappa shape index (κ3) is 18.0. The molecule has 0 radical (unpaired) electrons. The highest BCUT2D eigenvalue weighted by molar-refractivity contribution is 5.81. The summed E-state index contributed by atoms with van der Waals surface area (Å²) in [7, 11) is 4.24. The quantitative estimate of drug-likeness (QED) is 0.153. The zero-order valence-corrected chi connectivity index (χ0v) is 18.0. The minimum atomic E-state index is 0.326. The third-order valence-corrected chi connectivity index (χ3v) is 4.76. The van der Waals surface area contributed by atoms with Crippen LogP contribution in [0, 0.1) is 0 Å². The topological polar surface area (TPSA) is 24.8 Å². The van der Waals surface area contributed by atoms with Gasteiger partial charge in [0.15, 0.2) is 0 Å². The molecule has 3 nitrogen and oxygen atoms in total. The molecule has 0 aliphatic heterocycles. The zero-order chi connectivity index (χ0) is 18.8. The molecule has 0 rings (SSSR count). The molecule has 0 fully saturated rings. The number of hydrogen-bond acceptors (Lipinski definition) is 3. The highest BCUT2D eigenvalue weighted by atomic mass is 16.6.